The SMILES string of the molecule is O=C(Nc1cc(Cl)ccc1N1CCOCC1)c1cccs1. The fourth-order valence-electron chi connectivity index (χ4n) is 2.28. The van der Waals surface area contributed by atoms with Crippen LogP contribution in [0.2, 0.25) is 5.02 Å². The molecule has 1 aliphatic rings. The van der Waals surface area contributed by atoms with Crippen molar-refractivity contribution < 1.29 is 9.53 Å². The Morgan fingerprint density at radius 1 is 1.29 bits per heavy atom. The number of halogens is 1. The van der Waals surface area contributed by atoms with Crippen LogP contribution in [-0.4, -0.2) is 32.2 Å². The van der Waals surface area contributed by atoms with Gasteiger partial charge in [-0.05, 0) is 29.6 Å². The van der Waals surface area contributed by atoms with Crippen LogP contribution in [-0.2, 0) is 4.74 Å². The Morgan fingerprint density at radius 2 is 2.10 bits per heavy atom. The molecule has 3 rings (SSSR count). The number of amides is 1. The van der Waals surface area contributed by atoms with Crippen LogP contribution in [0.15, 0.2) is 35.7 Å². The van der Waals surface area contributed by atoms with Crippen LogP contribution in [0.3, 0.4) is 0 Å². The highest BCUT2D eigenvalue weighted by Crippen LogP contribution is 2.30. The molecule has 1 N–H and O–H groups in total. The Bertz CT molecular complexity index is 625. The van der Waals surface area contributed by atoms with Gasteiger partial charge in [-0.1, -0.05) is 17.7 Å². The van der Waals surface area contributed by atoms with E-state index in [1.807, 2.05) is 23.6 Å². The van der Waals surface area contributed by atoms with E-state index in [1.165, 1.54) is 11.3 Å². The molecule has 0 aliphatic carbocycles. The summed E-state index contributed by atoms with van der Waals surface area (Å²) in [5.41, 5.74) is 1.72. The van der Waals surface area contributed by atoms with E-state index in [1.54, 1.807) is 12.1 Å². The van der Waals surface area contributed by atoms with Crippen molar-refractivity contribution in [2.45, 2.75) is 0 Å². The van der Waals surface area contributed by atoms with Gasteiger partial charge in [0.1, 0.15) is 0 Å². The number of thiophene rings is 1. The van der Waals surface area contributed by atoms with Crippen molar-refractivity contribution in [3.8, 4) is 0 Å². The number of benzene rings is 1. The van der Waals surface area contributed by atoms with Crippen LogP contribution in [0, 0.1) is 0 Å². The van der Waals surface area contributed by atoms with Crippen molar-refractivity contribution in [1.82, 2.24) is 0 Å². The van der Waals surface area contributed by atoms with E-state index < -0.39 is 0 Å². The third kappa shape index (κ3) is 3.37. The molecule has 2 heterocycles. The number of rotatable bonds is 3. The molecule has 0 atom stereocenters. The predicted octanol–water partition coefficient (Wildman–Crippen LogP) is 3.49. The van der Waals surface area contributed by atoms with E-state index in [2.05, 4.69) is 10.2 Å². The average molecular weight is 323 g/mol. The third-order valence-corrected chi connectivity index (χ3v) is 4.41. The molecular formula is C15H15ClN2O2S. The minimum absolute atomic E-state index is 0.109. The molecule has 1 fully saturated rings. The molecule has 1 aromatic carbocycles. The number of nitrogens with zero attached hydrogens (tertiary/aromatic N) is 1. The maximum atomic E-state index is 12.2. The first-order valence-corrected chi connectivity index (χ1v) is 7.97. The lowest BCUT2D eigenvalue weighted by atomic mass is 10.2. The molecule has 1 saturated heterocycles. The van der Waals surface area contributed by atoms with Gasteiger partial charge in [-0.2, -0.15) is 0 Å². The molecule has 6 heteroatoms. The lowest BCUT2D eigenvalue weighted by Crippen LogP contribution is -2.36. The predicted molar refractivity (Wildman–Crippen MR) is 86.8 cm³/mol. The van der Waals surface area contributed by atoms with Crippen molar-refractivity contribution in [3.63, 3.8) is 0 Å². The van der Waals surface area contributed by atoms with Crippen LogP contribution in [0.4, 0.5) is 11.4 Å². The Labute approximate surface area is 132 Å². The Kier molecular flexibility index (Phi) is 4.43. The standard InChI is InChI=1S/C15H15ClN2O2S/c16-11-3-4-13(18-5-7-20-8-6-18)12(10-11)17-15(19)14-2-1-9-21-14/h1-4,9-10H,5-8H2,(H,17,19). The lowest BCUT2D eigenvalue weighted by Gasteiger charge is -2.30. The summed E-state index contributed by atoms with van der Waals surface area (Å²) in [5, 5.41) is 5.45. The van der Waals surface area contributed by atoms with Crippen molar-refractivity contribution in [2.75, 3.05) is 36.5 Å². The van der Waals surface area contributed by atoms with Crippen LogP contribution >= 0.6 is 22.9 Å². The highest BCUT2D eigenvalue weighted by Gasteiger charge is 2.17. The molecule has 110 valence electrons. The topological polar surface area (TPSA) is 41.6 Å². The molecule has 21 heavy (non-hydrogen) atoms. The van der Waals surface area contributed by atoms with E-state index in [9.17, 15) is 4.79 Å². The number of hydrogen-bond acceptors (Lipinski definition) is 4. The van der Waals surface area contributed by atoms with Crippen molar-refractivity contribution in [3.05, 3.63) is 45.6 Å². The van der Waals surface area contributed by atoms with Gasteiger partial charge >= 0.3 is 0 Å². The minimum Gasteiger partial charge on any atom is -0.378 e. The number of carbonyl (C=O) groups is 1. The van der Waals surface area contributed by atoms with Gasteiger partial charge < -0.3 is 15.0 Å². The Morgan fingerprint density at radius 3 is 2.81 bits per heavy atom. The van der Waals surface area contributed by atoms with E-state index in [0.29, 0.717) is 23.1 Å². The fourth-order valence-corrected chi connectivity index (χ4v) is 3.07. The molecule has 0 saturated carbocycles. The zero-order valence-corrected chi connectivity index (χ0v) is 12.9. The number of ether oxygens (including phenoxy) is 1. The molecule has 0 bridgehead atoms. The molecule has 1 aliphatic heterocycles. The zero-order valence-electron chi connectivity index (χ0n) is 11.3. The molecule has 2 aromatic rings. The second-order valence-corrected chi connectivity index (χ2v) is 6.08. The van der Waals surface area contributed by atoms with Gasteiger partial charge in [-0.25, -0.2) is 0 Å². The molecule has 0 spiro atoms. The fraction of sp³-hybridized carbons (Fsp3) is 0.267. The summed E-state index contributed by atoms with van der Waals surface area (Å²) in [7, 11) is 0. The van der Waals surface area contributed by atoms with Crippen LogP contribution < -0.4 is 10.2 Å². The first kappa shape index (κ1) is 14.4. The molecular weight excluding hydrogens is 308 g/mol. The summed E-state index contributed by atoms with van der Waals surface area (Å²) >= 11 is 7.49. The highest BCUT2D eigenvalue weighted by atomic mass is 35.5. The summed E-state index contributed by atoms with van der Waals surface area (Å²) in [6, 6.07) is 9.24. The van der Waals surface area contributed by atoms with Gasteiger partial charge in [0.05, 0.1) is 29.5 Å². The number of anilines is 2. The smallest absolute Gasteiger partial charge is 0.265 e. The lowest BCUT2D eigenvalue weighted by molar-refractivity contribution is 0.103. The van der Waals surface area contributed by atoms with Gasteiger partial charge in [0.25, 0.3) is 5.91 Å². The van der Waals surface area contributed by atoms with Crippen LogP contribution in [0.1, 0.15) is 9.67 Å². The second-order valence-electron chi connectivity index (χ2n) is 4.69. The number of carbonyl (C=O) groups excluding carboxylic acids is 1. The van der Waals surface area contributed by atoms with Gasteiger partial charge in [-0.15, -0.1) is 11.3 Å². The van der Waals surface area contributed by atoms with Crippen LogP contribution in [0.5, 0.6) is 0 Å². The highest BCUT2D eigenvalue weighted by molar-refractivity contribution is 7.12. The van der Waals surface area contributed by atoms with E-state index in [-0.39, 0.29) is 5.91 Å². The summed E-state index contributed by atoms with van der Waals surface area (Å²) in [6.07, 6.45) is 0. The normalized spacial score (nSPS) is 15.0. The average Bonchev–Trinajstić information content (AvgIpc) is 3.03. The maximum Gasteiger partial charge on any atom is 0.265 e. The van der Waals surface area contributed by atoms with E-state index in [4.69, 9.17) is 16.3 Å². The molecule has 0 radical (unpaired) electrons. The Balaban J connectivity index is 1.85. The van der Waals surface area contributed by atoms with Crippen molar-refractivity contribution >= 4 is 40.2 Å². The molecule has 1 amide bonds. The summed E-state index contributed by atoms with van der Waals surface area (Å²) in [4.78, 5) is 15.1. The first-order valence-electron chi connectivity index (χ1n) is 6.71. The molecule has 0 unspecified atom stereocenters. The first-order chi connectivity index (χ1) is 10.2. The minimum atomic E-state index is -0.109. The monoisotopic (exact) mass is 322 g/mol. The van der Waals surface area contributed by atoms with Gasteiger partial charge in [0, 0.05) is 18.1 Å². The Hall–Kier alpha value is -1.56. The number of morpholine rings is 1. The summed E-state index contributed by atoms with van der Waals surface area (Å²) in [6.45, 7) is 3.01. The van der Waals surface area contributed by atoms with E-state index >= 15 is 0 Å². The van der Waals surface area contributed by atoms with Crippen molar-refractivity contribution in [2.24, 2.45) is 0 Å². The summed E-state index contributed by atoms with van der Waals surface area (Å²) < 4.78 is 5.37. The number of hydrogen-bond donors (Lipinski definition) is 1. The maximum absolute atomic E-state index is 12.2. The van der Waals surface area contributed by atoms with E-state index in [0.717, 1.165) is 24.5 Å². The van der Waals surface area contributed by atoms with Crippen molar-refractivity contribution in [1.29, 1.82) is 0 Å². The quantitative estimate of drug-likeness (QED) is 0.940. The third-order valence-electron chi connectivity index (χ3n) is 3.30. The van der Waals surface area contributed by atoms with Gasteiger partial charge in [0.2, 0.25) is 0 Å². The summed E-state index contributed by atoms with van der Waals surface area (Å²) in [5.74, 6) is -0.109. The molecule has 4 nitrogen and oxygen atoms in total. The van der Waals surface area contributed by atoms with Gasteiger partial charge in [-0.3, -0.25) is 4.79 Å². The largest absolute Gasteiger partial charge is 0.378 e. The van der Waals surface area contributed by atoms with Gasteiger partial charge in [0.15, 0.2) is 0 Å². The zero-order chi connectivity index (χ0) is 14.7. The number of nitrogens with one attached hydrogen (secondary N) is 1. The molecule has 1 aromatic heterocycles. The van der Waals surface area contributed by atoms with Crippen LogP contribution in [0.25, 0.3) is 0 Å². The second kappa shape index (κ2) is 6.47.